The maximum Gasteiger partial charge on any atom is 0.415 e. The molecular formula is C39H44FN3O5. The van der Waals surface area contributed by atoms with Gasteiger partial charge in [0.25, 0.3) is 0 Å². The largest absolute Gasteiger partial charge is 0.493 e. The van der Waals surface area contributed by atoms with E-state index >= 15 is 0 Å². The number of ether oxygens (including phenoxy) is 3. The Labute approximate surface area is 282 Å². The zero-order chi connectivity index (χ0) is 33.6. The first-order chi connectivity index (χ1) is 23.3. The number of fused-ring (bicyclic) bond motifs is 1. The van der Waals surface area contributed by atoms with E-state index in [-0.39, 0.29) is 23.8 Å². The molecule has 8 nitrogen and oxygen atoms in total. The highest BCUT2D eigenvalue weighted by molar-refractivity contribution is 6.05. The maximum atomic E-state index is 14.5. The number of methoxy groups -OCH3 is 2. The fourth-order valence-electron chi connectivity index (χ4n) is 7.23. The Morgan fingerprint density at radius 3 is 2.33 bits per heavy atom. The molecule has 3 aliphatic rings. The lowest BCUT2D eigenvalue weighted by molar-refractivity contribution is -0.118. The standard InChI is InChI=1S/C39H44FN3O5/c1-26-32(13-11-31(44)25-29-9-5-6-16-41-29)35-24-28(40)10-12-33(35)34(26)21-27-22-36(46-2)38(37(23-27)47-3)48-39(45)43-19-14-30(15-20-43)42-17-7-4-8-18-42/h5-6,9-10,12,16,21-24,30H,4,7-8,11,13-15,17-20,25H2,1-3H3/b34-21-. The highest BCUT2D eigenvalue weighted by Gasteiger charge is 2.30. The fourth-order valence-corrected chi connectivity index (χ4v) is 7.23. The van der Waals surface area contributed by atoms with Gasteiger partial charge in [0.05, 0.1) is 14.2 Å². The predicted octanol–water partition coefficient (Wildman–Crippen LogP) is 7.61. The number of aromatic nitrogens is 1. The smallest absolute Gasteiger partial charge is 0.415 e. The molecule has 1 amide bonds. The van der Waals surface area contributed by atoms with Gasteiger partial charge in [0.1, 0.15) is 11.6 Å². The number of amides is 1. The van der Waals surface area contributed by atoms with Gasteiger partial charge in [-0.15, -0.1) is 0 Å². The molecule has 1 aromatic heterocycles. The molecule has 2 aromatic carbocycles. The van der Waals surface area contributed by atoms with Gasteiger partial charge in [0.2, 0.25) is 5.75 Å². The van der Waals surface area contributed by atoms with E-state index in [1.165, 1.54) is 45.6 Å². The SMILES string of the molecule is COc1cc(/C=C2/C(C)=C(CCC(=O)Cc3ccccn3)c3cc(F)ccc32)cc(OC)c1OC(=O)N1CCC(N2CCCCC2)CC1. The highest BCUT2D eigenvalue weighted by atomic mass is 19.1. The third-order valence-electron chi connectivity index (χ3n) is 9.82. The molecule has 1 aliphatic carbocycles. The molecule has 9 heteroatoms. The monoisotopic (exact) mass is 653 g/mol. The van der Waals surface area contributed by atoms with Crippen molar-refractivity contribution in [2.45, 2.75) is 64.3 Å². The summed E-state index contributed by atoms with van der Waals surface area (Å²) in [6, 6.07) is 14.5. The van der Waals surface area contributed by atoms with Gasteiger partial charge in [-0.05, 0) is 128 Å². The molecule has 0 saturated carbocycles. The predicted molar refractivity (Wildman–Crippen MR) is 185 cm³/mol. The van der Waals surface area contributed by atoms with Gasteiger partial charge in [-0.3, -0.25) is 9.78 Å². The summed E-state index contributed by atoms with van der Waals surface area (Å²) in [6.07, 6.45) is 10.0. The topological polar surface area (TPSA) is 81.2 Å². The Bertz CT molecular complexity index is 1680. The van der Waals surface area contributed by atoms with Crippen LogP contribution in [0, 0.1) is 5.82 Å². The van der Waals surface area contributed by atoms with Gasteiger partial charge in [0.15, 0.2) is 11.5 Å². The normalized spacial score (nSPS) is 17.8. The van der Waals surface area contributed by atoms with Crippen molar-refractivity contribution in [3.63, 3.8) is 0 Å². The van der Waals surface area contributed by atoms with Crippen molar-refractivity contribution in [2.24, 2.45) is 0 Å². The number of ketones is 1. The fraction of sp³-hybridized carbons (Fsp3) is 0.410. The van der Waals surface area contributed by atoms with E-state index in [1.807, 2.05) is 43.3 Å². The summed E-state index contributed by atoms with van der Waals surface area (Å²) in [5.74, 6) is 0.730. The van der Waals surface area contributed by atoms with Crippen LogP contribution in [0.2, 0.25) is 0 Å². The average Bonchev–Trinajstić information content (AvgIpc) is 3.37. The van der Waals surface area contributed by atoms with E-state index in [0.717, 1.165) is 65.0 Å². The molecule has 252 valence electrons. The Kier molecular flexibility index (Phi) is 10.5. The molecule has 6 rings (SSSR count). The number of nitrogens with zero attached hydrogens (tertiary/aromatic N) is 3. The molecule has 0 bridgehead atoms. The van der Waals surface area contributed by atoms with E-state index in [0.29, 0.717) is 43.5 Å². The van der Waals surface area contributed by atoms with Crippen molar-refractivity contribution in [1.29, 1.82) is 0 Å². The minimum Gasteiger partial charge on any atom is -0.493 e. The lowest BCUT2D eigenvalue weighted by Gasteiger charge is -2.39. The summed E-state index contributed by atoms with van der Waals surface area (Å²) < 4.78 is 31.8. The number of likely N-dealkylation sites (tertiary alicyclic amines) is 2. The molecule has 2 saturated heterocycles. The molecule has 0 atom stereocenters. The molecule has 0 N–H and O–H groups in total. The Morgan fingerprint density at radius 1 is 0.938 bits per heavy atom. The van der Waals surface area contributed by atoms with Crippen LogP contribution in [0.5, 0.6) is 17.2 Å². The van der Waals surface area contributed by atoms with Crippen molar-refractivity contribution in [3.8, 4) is 17.2 Å². The molecule has 3 aromatic rings. The minimum atomic E-state index is -0.414. The van der Waals surface area contributed by atoms with Gasteiger partial charge >= 0.3 is 6.09 Å². The number of allylic oxidation sites excluding steroid dienone is 3. The number of carbonyl (C=O) groups excluding carboxylic acids is 2. The zero-order valence-electron chi connectivity index (χ0n) is 28.1. The maximum absolute atomic E-state index is 14.5. The average molecular weight is 654 g/mol. The van der Waals surface area contributed by atoms with Gasteiger partial charge in [-0.25, -0.2) is 9.18 Å². The summed E-state index contributed by atoms with van der Waals surface area (Å²) in [5, 5.41) is 0. The number of halogens is 1. The number of piperidine rings is 2. The van der Waals surface area contributed by atoms with Gasteiger partial charge in [0, 0.05) is 43.9 Å². The molecule has 0 unspecified atom stereocenters. The molecule has 0 radical (unpaired) electrons. The van der Waals surface area contributed by atoms with Crippen LogP contribution in [0.25, 0.3) is 17.2 Å². The summed E-state index contributed by atoms with van der Waals surface area (Å²) >= 11 is 0. The first-order valence-corrected chi connectivity index (χ1v) is 16.9. The third-order valence-corrected chi connectivity index (χ3v) is 9.82. The van der Waals surface area contributed by atoms with E-state index in [9.17, 15) is 14.0 Å². The molecule has 48 heavy (non-hydrogen) atoms. The van der Waals surface area contributed by atoms with Crippen LogP contribution in [0.4, 0.5) is 9.18 Å². The molecule has 2 aliphatic heterocycles. The van der Waals surface area contributed by atoms with Gasteiger partial charge in [-0.2, -0.15) is 0 Å². The first-order valence-electron chi connectivity index (χ1n) is 16.9. The van der Waals surface area contributed by atoms with Crippen LogP contribution in [0.1, 0.15) is 74.3 Å². The molecule has 3 heterocycles. The van der Waals surface area contributed by atoms with Crippen molar-refractivity contribution >= 4 is 29.1 Å². The molecule has 0 spiro atoms. The molecular weight excluding hydrogens is 609 g/mol. The highest BCUT2D eigenvalue weighted by Crippen LogP contribution is 2.46. The van der Waals surface area contributed by atoms with E-state index in [4.69, 9.17) is 14.2 Å². The number of pyridine rings is 1. The number of hydrogen-bond acceptors (Lipinski definition) is 7. The minimum absolute atomic E-state index is 0.0790. The lowest BCUT2D eigenvalue weighted by Crippen LogP contribution is -2.48. The Morgan fingerprint density at radius 2 is 1.67 bits per heavy atom. The number of hydrogen-bond donors (Lipinski definition) is 0. The summed E-state index contributed by atoms with van der Waals surface area (Å²) in [6.45, 7) is 5.60. The number of benzene rings is 2. The Balaban J connectivity index is 1.20. The Hall–Kier alpha value is -4.50. The van der Waals surface area contributed by atoms with Crippen molar-refractivity contribution in [3.05, 3.63) is 88.5 Å². The first kappa shape index (κ1) is 33.4. The number of carbonyl (C=O) groups is 2. The number of Topliss-reactive ketones (excluding diaryl/α,β-unsaturated/α-hetero) is 1. The lowest BCUT2D eigenvalue weighted by atomic mass is 9.98. The summed E-state index contributed by atoms with van der Waals surface area (Å²) in [5.41, 5.74) is 6.02. The molecule has 2 fully saturated rings. The quantitative estimate of drug-likeness (QED) is 0.223. The third kappa shape index (κ3) is 7.46. The number of rotatable bonds is 10. The second-order valence-corrected chi connectivity index (χ2v) is 12.8. The van der Waals surface area contributed by atoms with Crippen molar-refractivity contribution in [2.75, 3.05) is 40.4 Å². The van der Waals surface area contributed by atoms with Crippen molar-refractivity contribution in [1.82, 2.24) is 14.8 Å². The second kappa shape index (κ2) is 15.2. The van der Waals surface area contributed by atoms with Crippen LogP contribution < -0.4 is 14.2 Å². The van der Waals surface area contributed by atoms with Crippen LogP contribution in [-0.2, 0) is 11.2 Å². The van der Waals surface area contributed by atoms with Crippen LogP contribution in [0.3, 0.4) is 0 Å². The van der Waals surface area contributed by atoms with Gasteiger partial charge < -0.3 is 24.0 Å². The zero-order valence-corrected chi connectivity index (χ0v) is 28.1. The van der Waals surface area contributed by atoms with Crippen molar-refractivity contribution < 1.29 is 28.2 Å². The van der Waals surface area contributed by atoms with Crippen LogP contribution in [-0.4, -0.2) is 73.1 Å². The van der Waals surface area contributed by atoms with E-state index in [1.54, 1.807) is 17.2 Å². The van der Waals surface area contributed by atoms with Crippen LogP contribution in [0.15, 0.2) is 60.3 Å². The van der Waals surface area contributed by atoms with Gasteiger partial charge in [-0.1, -0.05) is 18.6 Å². The van der Waals surface area contributed by atoms with E-state index < -0.39 is 6.09 Å². The summed E-state index contributed by atoms with van der Waals surface area (Å²) in [7, 11) is 3.07. The van der Waals surface area contributed by atoms with Crippen LogP contribution >= 0.6 is 0 Å². The summed E-state index contributed by atoms with van der Waals surface area (Å²) in [4.78, 5) is 34.8. The van der Waals surface area contributed by atoms with E-state index in [2.05, 4.69) is 9.88 Å². The second-order valence-electron chi connectivity index (χ2n) is 12.8.